The maximum atomic E-state index is 6.13. The van der Waals surface area contributed by atoms with Gasteiger partial charge < -0.3 is 15.2 Å². The second-order valence-electron chi connectivity index (χ2n) is 4.34. The van der Waals surface area contributed by atoms with Gasteiger partial charge in [-0.15, -0.1) is 0 Å². The van der Waals surface area contributed by atoms with Crippen LogP contribution in [0.1, 0.15) is 18.4 Å². The van der Waals surface area contributed by atoms with E-state index >= 15 is 0 Å². The third kappa shape index (κ3) is 2.33. The molecule has 88 valence electrons. The molecule has 0 amide bonds. The molecule has 16 heavy (non-hydrogen) atoms. The molecule has 0 heterocycles. The Morgan fingerprint density at radius 1 is 1.31 bits per heavy atom. The largest absolute Gasteiger partial charge is 0.497 e. The van der Waals surface area contributed by atoms with Gasteiger partial charge >= 0.3 is 0 Å². The van der Waals surface area contributed by atoms with Crippen molar-refractivity contribution in [1.29, 1.82) is 0 Å². The summed E-state index contributed by atoms with van der Waals surface area (Å²) in [5.74, 6) is 1.68. The van der Waals surface area contributed by atoms with Gasteiger partial charge in [-0.05, 0) is 47.3 Å². The van der Waals surface area contributed by atoms with Gasteiger partial charge in [-0.3, -0.25) is 0 Å². The van der Waals surface area contributed by atoms with E-state index in [2.05, 4.69) is 15.9 Å². The number of benzene rings is 1. The molecule has 1 fully saturated rings. The molecule has 3 nitrogen and oxygen atoms in total. The minimum Gasteiger partial charge on any atom is -0.497 e. The van der Waals surface area contributed by atoms with Crippen molar-refractivity contribution in [2.75, 3.05) is 14.2 Å². The summed E-state index contributed by atoms with van der Waals surface area (Å²) in [5.41, 5.74) is 7.21. The van der Waals surface area contributed by atoms with E-state index in [9.17, 15) is 0 Å². The van der Waals surface area contributed by atoms with Crippen LogP contribution in [-0.2, 0) is 6.42 Å². The molecule has 1 aromatic carbocycles. The highest BCUT2D eigenvalue weighted by Gasteiger charge is 2.39. The normalized spacial score (nSPS) is 17.0. The standard InChI is InChI=1S/C12H16BrNO2/c1-15-9-5-8(7-12(14)3-4-12)11(16-2)10(13)6-9/h5-6H,3-4,7,14H2,1-2H3. The molecule has 1 aliphatic carbocycles. The maximum absolute atomic E-state index is 6.13. The van der Waals surface area contributed by atoms with E-state index in [1.165, 1.54) is 0 Å². The molecule has 0 aliphatic heterocycles. The number of rotatable bonds is 4. The van der Waals surface area contributed by atoms with Crippen LogP contribution in [-0.4, -0.2) is 19.8 Å². The van der Waals surface area contributed by atoms with E-state index < -0.39 is 0 Å². The highest BCUT2D eigenvalue weighted by atomic mass is 79.9. The van der Waals surface area contributed by atoms with Gasteiger partial charge in [0.05, 0.1) is 18.7 Å². The van der Waals surface area contributed by atoms with Gasteiger partial charge in [-0.1, -0.05) is 0 Å². The van der Waals surface area contributed by atoms with Gasteiger partial charge in [0.15, 0.2) is 0 Å². The second-order valence-corrected chi connectivity index (χ2v) is 5.20. The predicted molar refractivity (Wildman–Crippen MR) is 67.1 cm³/mol. The van der Waals surface area contributed by atoms with E-state index in [-0.39, 0.29) is 5.54 Å². The minimum atomic E-state index is -0.0287. The monoisotopic (exact) mass is 285 g/mol. The van der Waals surface area contributed by atoms with Crippen LogP contribution in [0.5, 0.6) is 11.5 Å². The molecule has 0 unspecified atom stereocenters. The summed E-state index contributed by atoms with van der Waals surface area (Å²) in [7, 11) is 3.33. The average molecular weight is 286 g/mol. The molecule has 1 aliphatic rings. The van der Waals surface area contributed by atoms with Crippen LogP contribution in [0.25, 0.3) is 0 Å². The minimum absolute atomic E-state index is 0.0287. The van der Waals surface area contributed by atoms with Crippen LogP contribution in [0.4, 0.5) is 0 Å². The van der Waals surface area contributed by atoms with Gasteiger partial charge in [0.1, 0.15) is 11.5 Å². The number of hydrogen-bond acceptors (Lipinski definition) is 3. The van der Waals surface area contributed by atoms with Crippen LogP contribution < -0.4 is 15.2 Å². The van der Waals surface area contributed by atoms with Crippen molar-refractivity contribution in [3.63, 3.8) is 0 Å². The first-order valence-electron chi connectivity index (χ1n) is 5.27. The van der Waals surface area contributed by atoms with E-state index in [1.54, 1.807) is 14.2 Å². The summed E-state index contributed by atoms with van der Waals surface area (Å²) in [5, 5.41) is 0. The molecular weight excluding hydrogens is 270 g/mol. The number of halogens is 1. The van der Waals surface area contributed by atoms with Crippen molar-refractivity contribution >= 4 is 15.9 Å². The van der Waals surface area contributed by atoms with Crippen LogP contribution in [0.15, 0.2) is 16.6 Å². The Bertz CT molecular complexity index is 402. The van der Waals surface area contributed by atoms with Crippen LogP contribution >= 0.6 is 15.9 Å². The number of methoxy groups -OCH3 is 2. The molecule has 0 saturated heterocycles. The van der Waals surface area contributed by atoms with Crippen molar-refractivity contribution in [3.05, 3.63) is 22.2 Å². The highest BCUT2D eigenvalue weighted by Crippen LogP contribution is 2.41. The number of nitrogens with two attached hydrogens (primary N) is 1. The summed E-state index contributed by atoms with van der Waals surface area (Å²) < 4.78 is 11.5. The Balaban J connectivity index is 2.35. The van der Waals surface area contributed by atoms with Gasteiger partial charge in [-0.2, -0.15) is 0 Å². The smallest absolute Gasteiger partial charge is 0.136 e. The zero-order valence-electron chi connectivity index (χ0n) is 9.55. The van der Waals surface area contributed by atoms with Crippen molar-refractivity contribution in [2.45, 2.75) is 24.8 Å². The molecule has 0 radical (unpaired) electrons. The fraction of sp³-hybridized carbons (Fsp3) is 0.500. The van der Waals surface area contributed by atoms with E-state index in [0.717, 1.165) is 40.8 Å². The summed E-state index contributed by atoms with van der Waals surface area (Å²) in [6.07, 6.45) is 3.02. The van der Waals surface area contributed by atoms with Crippen molar-refractivity contribution in [2.24, 2.45) is 5.73 Å². The van der Waals surface area contributed by atoms with E-state index in [4.69, 9.17) is 15.2 Å². The van der Waals surface area contributed by atoms with E-state index in [0.29, 0.717) is 0 Å². The molecule has 4 heteroatoms. The first-order chi connectivity index (χ1) is 7.58. The molecule has 0 aromatic heterocycles. The summed E-state index contributed by atoms with van der Waals surface area (Å²) in [6, 6.07) is 3.90. The van der Waals surface area contributed by atoms with Gasteiger partial charge in [-0.25, -0.2) is 0 Å². The van der Waals surface area contributed by atoms with Crippen molar-refractivity contribution < 1.29 is 9.47 Å². The Kier molecular flexibility index (Phi) is 3.13. The summed E-state index contributed by atoms with van der Waals surface area (Å²) >= 11 is 3.48. The first kappa shape index (κ1) is 11.7. The quantitative estimate of drug-likeness (QED) is 0.925. The summed E-state index contributed by atoms with van der Waals surface area (Å²) in [4.78, 5) is 0. The molecule has 0 spiro atoms. The lowest BCUT2D eigenvalue weighted by Gasteiger charge is -2.15. The fourth-order valence-electron chi connectivity index (χ4n) is 1.82. The fourth-order valence-corrected chi connectivity index (χ4v) is 2.46. The number of ether oxygens (including phenoxy) is 2. The van der Waals surface area contributed by atoms with E-state index in [1.807, 2.05) is 12.1 Å². The first-order valence-corrected chi connectivity index (χ1v) is 6.06. The molecule has 0 bridgehead atoms. The Morgan fingerprint density at radius 3 is 2.50 bits per heavy atom. The topological polar surface area (TPSA) is 44.5 Å². The lowest BCUT2D eigenvalue weighted by Crippen LogP contribution is -2.24. The predicted octanol–water partition coefficient (Wildman–Crippen LogP) is 2.50. The Morgan fingerprint density at radius 2 is 2.00 bits per heavy atom. The third-order valence-electron chi connectivity index (χ3n) is 2.97. The third-order valence-corrected chi connectivity index (χ3v) is 3.56. The second kappa shape index (κ2) is 4.26. The Hall–Kier alpha value is -0.740. The molecule has 1 aromatic rings. The van der Waals surface area contributed by atoms with Crippen LogP contribution in [0.3, 0.4) is 0 Å². The lowest BCUT2D eigenvalue weighted by atomic mass is 10.0. The molecule has 1 saturated carbocycles. The van der Waals surface area contributed by atoms with Crippen molar-refractivity contribution in [1.82, 2.24) is 0 Å². The highest BCUT2D eigenvalue weighted by molar-refractivity contribution is 9.10. The van der Waals surface area contributed by atoms with Crippen LogP contribution in [0, 0.1) is 0 Å². The molecule has 0 atom stereocenters. The molecule has 2 N–H and O–H groups in total. The van der Waals surface area contributed by atoms with Gasteiger partial charge in [0.2, 0.25) is 0 Å². The van der Waals surface area contributed by atoms with Gasteiger partial charge in [0, 0.05) is 11.1 Å². The zero-order valence-corrected chi connectivity index (χ0v) is 11.1. The molecule has 2 rings (SSSR count). The molecular formula is C12H16BrNO2. The SMILES string of the molecule is COc1cc(Br)c(OC)c(CC2(N)CC2)c1. The lowest BCUT2D eigenvalue weighted by molar-refractivity contribution is 0.394. The van der Waals surface area contributed by atoms with Crippen molar-refractivity contribution in [3.8, 4) is 11.5 Å². The maximum Gasteiger partial charge on any atom is 0.136 e. The average Bonchev–Trinajstić information content (AvgIpc) is 2.95. The zero-order chi connectivity index (χ0) is 11.8. The van der Waals surface area contributed by atoms with Crippen LogP contribution in [0.2, 0.25) is 0 Å². The summed E-state index contributed by atoms with van der Waals surface area (Å²) in [6.45, 7) is 0. The van der Waals surface area contributed by atoms with Gasteiger partial charge in [0.25, 0.3) is 0 Å². The number of hydrogen-bond donors (Lipinski definition) is 1. The Labute approximate surface area is 104 Å².